The van der Waals surface area contributed by atoms with E-state index in [4.69, 9.17) is 0 Å². The number of anilines is 2. The van der Waals surface area contributed by atoms with Crippen LogP contribution in [0.25, 0.3) is 6.08 Å². The maximum Gasteiger partial charge on any atom is 0.266 e. The number of amides is 1. The lowest BCUT2D eigenvalue weighted by Crippen LogP contribution is -2.15. The first-order chi connectivity index (χ1) is 12.8. The molecule has 0 radical (unpaired) electrons. The van der Waals surface area contributed by atoms with Gasteiger partial charge in [0.1, 0.15) is 11.6 Å². The van der Waals surface area contributed by atoms with E-state index in [2.05, 4.69) is 16.8 Å². The molecule has 1 amide bonds. The van der Waals surface area contributed by atoms with E-state index in [1.807, 2.05) is 70.1 Å². The largest absolute Gasteiger partial charge is 0.378 e. The van der Waals surface area contributed by atoms with E-state index in [0.29, 0.717) is 5.69 Å². The van der Waals surface area contributed by atoms with E-state index in [-0.39, 0.29) is 5.57 Å². The van der Waals surface area contributed by atoms with Crippen molar-refractivity contribution >= 4 is 23.4 Å². The minimum Gasteiger partial charge on any atom is -0.378 e. The molecular formula is C22H28N4O. The van der Waals surface area contributed by atoms with Crippen molar-refractivity contribution in [2.45, 2.75) is 40.7 Å². The van der Waals surface area contributed by atoms with Crippen LogP contribution < -0.4 is 10.2 Å². The first-order valence-electron chi connectivity index (χ1n) is 9.16. The Hall–Kier alpha value is -3.00. The Kier molecular flexibility index (Phi) is 6.46. The van der Waals surface area contributed by atoms with E-state index < -0.39 is 5.91 Å². The number of aromatic nitrogens is 1. The third kappa shape index (κ3) is 4.59. The Labute approximate surface area is 161 Å². The minimum absolute atomic E-state index is 0.0998. The predicted octanol–water partition coefficient (Wildman–Crippen LogP) is 4.44. The topological polar surface area (TPSA) is 61.1 Å². The van der Waals surface area contributed by atoms with E-state index in [1.165, 1.54) is 0 Å². The molecule has 0 aliphatic heterocycles. The van der Waals surface area contributed by atoms with Crippen LogP contribution in [0, 0.1) is 32.1 Å². The zero-order valence-electron chi connectivity index (χ0n) is 17.1. The van der Waals surface area contributed by atoms with Gasteiger partial charge < -0.3 is 14.8 Å². The van der Waals surface area contributed by atoms with Gasteiger partial charge in [0, 0.05) is 43.4 Å². The highest BCUT2D eigenvalue weighted by molar-refractivity contribution is 6.10. The van der Waals surface area contributed by atoms with Crippen molar-refractivity contribution < 1.29 is 4.79 Å². The van der Waals surface area contributed by atoms with Crippen LogP contribution in [0.2, 0.25) is 0 Å². The molecule has 1 heterocycles. The molecule has 5 nitrogen and oxygen atoms in total. The van der Waals surface area contributed by atoms with Gasteiger partial charge in [0.25, 0.3) is 5.91 Å². The lowest BCUT2D eigenvalue weighted by molar-refractivity contribution is -0.112. The number of nitrogens with one attached hydrogen (secondary N) is 1. The summed E-state index contributed by atoms with van der Waals surface area (Å²) in [4.78, 5) is 14.6. The second-order valence-electron chi connectivity index (χ2n) is 7.00. The number of hydrogen-bond acceptors (Lipinski definition) is 3. The Balaban J connectivity index is 2.28. The summed E-state index contributed by atoms with van der Waals surface area (Å²) in [6.07, 6.45) is 2.71. The van der Waals surface area contributed by atoms with Gasteiger partial charge in [-0.15, -0.1) is 0 Å². The standard InChI is InChI=1S/C22H28N4O/c1-7-10-26-16(3)12-18(17(26)4)13-19(14-23)22(27)24-21-9-8-20(25(5)6)11-15(21)2/h8-9,11-13H,7,10H2,1-6H3,(H,24,27)/b19-13+. The molecule has 0 atom stereocenters. The molecule has 0 fully saturated rings. The Morgan fingerprint density at radius 1 is 1.26 bits per heavy atom. The third-order valence-electron chi connectivity index (χ3n) is 4.70. The predicted molar refractivity (Wildman–Crippen MR) is 112 cm³/mol. The summed E-state index contributed by atoms with van der Waals surface area (Å²) in [6, 6.07) is 9.87. The smallest absolute Gasteiger partial charge is 0.266 e. The molecule has 1 N–H and O–H groups in total. The molecule has 5 heteroatoms. The van der Waals surface area contributed by atoms with Gasteiger partial charge in [0.05, 0.1) is 0 Å². The van der Waals surface area contributed by atoms with Crippen molar-refractivity contribution in [2.75, 3.05) is 24.3 Å². The quantitative estimate of drug-likeness (QED) is 0.609. The number of benzene rings is 1. The molecule has 0 spiro atoms. The molecule has 0 bridgehead atoms. The second kappa shape index (κ2) is 8.59. The number of nitriles is 1. The van der Waals surface area contributed by atoms with Crippen molar-refractivity contribution in [3.8, 4) is 6.07 Å². The molecule has 0 aliphatic rings. The van der Waals surface area contributed by atoms with Crippen molar-refractivity contribution in [1.82, 2.24) is 4.57 Å². The van der Waals surface area contributed by atoms with Crippen LogP contribution in [-0.4, -0.2) is 24.6 Å². The zero-order chi connectivity index (χ0) is 20.1. The molecule has 0 aliphatic carbocycles. The SMILES string of the molecule is CCCn1c(C)cc(/C=C(\C#N)C(=O)Nc2ccc(N(C)C)cc2C)c1C. The number of rotatable bonds is 6. The first kappa shape index (κ1) is 20.3. The van der Waals surface area contributed by atoms with Gasteiger partial charge in [0.2, 0.25) is 0 Å². The van der Waals surface area contributed by atoms with Crippen LogP contribution in [0.5, 0.6) is 0 Å². The average Bonchev–Trinajstić information content (AvgIpc) is 2.88. The zero-order valence-corrected chi connectivity index (χ0v) is 17.1. The van der Waals surface area contributed by atoms with Crippen molar-refractivity contribution in [3.05, 3.63) is 52.4 Å². The highest BCUT2D eigenvalue weighted by Crippen LogP contribution is 2.23. The fourth-order valence-corrected chi connectivity index (χ4v) is 3.10. The number of aryl methyl sites for hydroxylation is 2. The Bertz CT molecular complexity index is 913. The van der Waals surface area contributed by atoms with E-state index >= 15 is 0 Å². The van der Waals surface area contributed by atoms with Crippen molar-refractivity contribution in [3.63, 3.8) is 0 Å². The number of hydrogen-bond donors (Lipinski definition) is 1. The van der Waals surface area contributed by atoms with E-state index in [1.54, 1.807) is 6.08 Å². The molecule has 142 valence electrons. The summed E-state index contributed by atoms with van der Waals surface area (Å²) in [7, 11) is 3.94. The summed E-state index contributed by atoms with van der Waals surface area (Å²) < 4.78 is 2.21. The van der Waals surface area contributed by atoms with Gasteiger partial charge >= 0.3 is 0 Å². The van der Waals surface area contributed by atoms with Gasteiger partial charge in [-0.25, -0.2) is 0 Å². The van der Waals surface area contributed by atoms with Crippen LogP contribution in [0.4, 0.5) is 11.4 Å². The summed E-state index contributed by atoms with van der Waals surface area (Å²) in [5, 5.41) is 12.4. The number of carbonyl (C=O) groups is 1. The lowest BCUT2D eigenvalue weighted by Gasteiger charge is -2.15. The lowest BCUT2D eigenvalue weighted by atomic mass is 10.1. The highest BCUT2D eigenvalue weighted by Gasteiger charge is 2.14. The fourth-order valence-electron chi connectivity index (χ4n) is 3.10. The normalized spacial score (nSPS) is 11.2. The van der Waals surface area contributed by atoms with Crippen molar-refractivity contribution in [1.29, 1.82) is 5.26 Å². The second-order valence-corrected chi connectivity index (χ2v) is 7.00. The summed E-state index contributed by atoms with van der Waals surface area (Å²) in [5.41, 5.74) is 5.94. The molecular weight excluding hydrogens is 336 g/mol. The first-order valence-corrected chi connectivity index (χ1v) is 9.16. The number of carbonyl (C=O) groups excluding carboxylic acids is 1. The molecule has 2 aromatic rings. The molecule has 0 unspecified atom stereocenters. The van der Waals surface area contributed by atoms with Gasteiger partial charge in [-0.2, -0.15) is 5.26 Å². The van der Waals surface area contributed by atoms with Gasteiger partial charge in [-0.3, -0.25) is 4.79 Å². The molecule has 2 rings (SSSR count). The Morgan fingerprint density at radius 3 is 2.52 bits per heavy atom. The van der Waals surface area contributed by atoms with Crippen LogP contribution in [0.3, 0.4) is 0 Å². The third-order valence-corrected chi connectivity index (χ3v) is 4.70. The number of nitrogens with zero attached hydrogens (tertiary/aromatic N) is 3. The van der Waals surface area contributed by atoms with Crippen LogP contribution in [-0.2, 0) is 11.3 Å². The molecule has 1 aromatic heterocycles. The monoisotopic (exact) mass is 364 g/mol. The maximum atomic E-state index is 12.6. The summed E-state index contributed by atoms with van der Waals surface area (Å²) in [5.74, 6) is -0.390. The van der Waals surface area contributed by atoms with Gasteiger partial charge in [-0.1, -0.05) is 6.92 Å². The van der Waals surface area contributed by atoms with Gasteiger partial charge in [-0.05, 0) is 68.7 Å². The van der Waals surface area contributed by atoms with E-state index in [0.717, 1.165) is 41.2 Å². The van der Waals surface area contributed by atoms with E-state index in [9.17, 15) is 10.1 Å². The minimum atomic E-state index is -0.390. The fraction of sp³-hybridized carbons (Fsp3) is 0.364. The molecule has 0 saturated heterocycles. The van der Waals surface area contributed by atoms with Gasteiger partial charge in [0.15, 0.2) is 0 Å². The van der Waals surface area contributed by atoms with Crippen LogP contribution >= 0.6 is 0 Å². The van der Waals surface area contributed by atoms with Crippen LogP contribution in [0.1, 0.15) is 35.9 Å². The maximum absolute atomic E-state index is 12.6. The molecule has 1 aromatic carbocycles. The Morgan fingerprint density at radius 2 is 1.96 bits per heavy atom. The molecule has 27 heavy (non-hydrogen) atoms. The summed E-state index contributed by atoms with van der Waals surface area (Å²) in [6.45, 7) is 9.06. The molecule has 0 saturated carbocycles. The highest BCUT2D eigenvalue weighted by atomic mass is 16.1. The van der Waals surface area contributed by atoms with Crippen molar-refractivity contribution in [2.24, 2.45) is 0 Å². The van der Waals surface area contributed by atoms with Crippen LogP contribution in [0.15, 0.2) is 29.8 Å². The average molecular weight is 364 g/mol. The summed E-state index contributed by atoms with van der Waals surface area (Å²) >= 11 is 0.